The second-order valence-electron chi connectivity index (χ2n) is 4.93. The Labute approximate surface area is 111 Å². The maximum absolute atomic E-state index is 6.45. The SMILES string of the molecule is COc1c(Cl)cc2c(c1Cl)C1CNCC1C2C. The van der Waals surface area contributed by atoms with E-state index in [1.165, 1.54) is 11.1 Å². The van der Waals surface area contributed by atoms with Crippen LogP contribution in [-0.4, -0.2) is 20.2 Å². The van der Waals surface area contributed by atoms with E-state index in [0.717, 1.165) is 13.1 Å². The Bertz CT molecular complexity index is 475. The average molecular weight is 272 g/mol. The fraction of sp³-hybridized carbons (Fsp3) is 0.538. The van der Waals surface area contributed by atoms with Crippen molar-refractivity contribution in [1.82, 2.24) is 5.32 Å². The summed E-state index contributed by atoms with van der Waals surface area (Å²) in [7, 11) is 1.61. The zero-order valence-corrected chi connectivity index (χ0v) is 11.4. The second-order valence-corrected chi connectivity index (χ2v) is 5.71. The summed E-state index contributed by atoms with van der Waals surface area (Å²) in [6.07, 6.45) is 0. The second kappa shape index (κ2) is 4.04. The third-order valence-electron chi connectivity index (χ3n) is 4.21. The van der Waals surface area contributed by atoms with Gasteiger partial charge in [0.25, 0.3) is 0 Å². The molecule has 92 valence electrons. The van der Waals surface area contributed by atoms with Gasteiger partial charge in [-0.3, -0.25) is 0 Å². The Kier molecular flexibility index (Phi) is 2.77. The van der Waals surface area contributed by atoms with Crippen molar-refractivity contribution in [2.75, 3.05) is 20.2 Å². The predicted molar refractivity (Wildman–Crippen MR) is 70.5 cm³/mol. The number of halogens is 2. The van der Waals surface area contributed by atoms with Gasteiger partial charge >= 0.3 is 0 Å². The van der Waals surface area contributed by atoms with Gasteiger partial charge in [0.2, 0.25) is 0 Å². The summed E-state index contributed by atoms with van der Waals surface area (Å²) in [5, 5.41) is 4.77. The first-order chi connectivity index (χ1) is 8.15. The minimum Gasteiger partial charge on any atom is -0.494 e. The number of methoxy groups -OCH3 is 1. The number of fused-ring (bicyclic) bond motifs is 3. The Hall–Kier alpha value is -0.440. The van der Waals surface area contributed by atoms with Crippen LogP contribution in [0.3, 0.4) is 0 Å². The van der Waals surface area contributed by atoms with Crippen LogP contribution in [0.5, 0.6) is 5.75 Å². The molecule has 1 aliphatic heterocycles. The zero-order valence-electron chi connectivity index (χ0n) is 9.89. The normalized spacial score (nSPS) is 30.2. The molecule has 3 unspecified atom stereocenters. The molecule has 1 heterocycles. The molecule has 2 nitrogen and oxygen atoms in total. The molecule has 3 rings (SSSR count). The molecule has 1 N–H and O–H groups in total. The molecule has 4 heteroatoms. The average Bonchev–Trinajstić information content (AvgIpc) is 2.84. The van der Waals surface area contributed by atoms with Crippen molar-refractivity contribution >= 4 is 23.2 Å². The lowest BCUT2D eigenvalue weighted by atomic mass is 9.91. The van der Waals surface area contributed by atoms with Gasteiger partial charge in [0.05, 0.1) is 17.2 Å². The smallest absolute Gasteiger partial charge is 0.156 e. The van der Waals surface area contributed by atoms with E-state index in [1.54, 1.807) is 7.11 Å². The van der Waals surface area contributed by atoms with Crippen molar-refractivity contribution in [3.05, 3.63) is 27.2 Å². The molecule has 3 atom stereocenters. The van der Waals surface area contributed by atoms with Gasteiger partial charge in [-0.2, -0.15) is 0 Å². The van der Waals surface area contributed by atoms with E-state index in [0.29, 0.717) is 33.5 Å². The Morgan fingerprint density at radius 1 is 1.35 bits per heavy atom. The van der Waals surface area contributed by atoms with E-state index >= 15 is 0 Å². The van der Waals surface area contributed by atoms with E-state index in [2.05, 4.69) is 12.2 Å². The van der Waals surface area contributed by atoms with Gasteiger partial charge in [-0.15, -0.1) is 0 Å². The lowest BCUT2D eigenvalue weighted by molar-refractivity contribution is 0.414. The van der Waals surface area contributed by atoms with Gasteiger partial charge in [-0.1, -0.05) is 30.1 Å². The third-order valence-corrected chi connectivity index (χ3v) is 4.87. The molecule has 1 saturated heterocycles. The van der Waals surface area contributed by atoms with Gasteiger partial charge in [-0.25, -0.2) is 0 Å². The first kappa shape index (κ1) is 11.6. The highest BCUT2D eigenvalue weighted by Crippen LogP contribution is 2.54. The molecule has 0 aromatic heterocycles. The Morgan fingerprint density at radius 3 is 2.82 bits per heavy atom. The molecule has 1 aromatic carbocycles. The van der Waals surface area contributed by atoms with Crippen molar-refractivity contribution in [3.63, 3.8) is 0 Å². The van der Waals surface area contributed by atoms with Crippen LogP contribution < -0.4 is 10.1 Å². The molecule has 17 heavy (non-hydrogen) atoms. The van der Waals surface area contributed by atoms with Crippen LogP contribution in [0.25, 0.3) is 0 Å². The topological polar surface area (TPSA) is 21.3 Å². The summed E-state index contributed by atoms with van der Waals surface area (Å²) >= 11 is 12.7. The van der Waals surface area contributed by atoms with E-state index in [9.17, 15) is 0 Å². The fourth-order valence-electron chi connectivity index (χ4n) is 3.35. The lowest BCUT2D eigenvalue weighted by Gasteiger charge is -2.14. The van der Waals surface area contributed by atoms with Gasteiger partial charge in [0.1, 0.15) is 0 Å². The quantitative estimate of drug-likeness (QED) is 0.845. The lowest BCUT2D eigenvalue weighted by Crippen LogP contribution is -2.12. The molecule has 0 bridgehead atoms. The molecule has 0 saturated carbocycles. The molecular weight excluding hydrogens is 257 g/mol. The molecule has 2 aliphatic rings. The highest BCUT2D eigenvalue weighted by molar-refractivity contribution is 6.38. The number of hydrogen-bond acceptors (Lipinski definition) is 2. The van der Waals surface area contributed by atoms with Gasteiger partial charge in [-0.05, 0) is 35.6 Å². The number of hydrogen-bond donors (Lipinski definition) is 1. The number of rotatable bonds is 1. The van der Waals surface area contributed by atoms with Crippen molar-refractivity contribution in [1.29, 1.82) is 0 Å². The molecule has 0 spiro atoms. The van der Waals surface area contributed by atoms with E-state index in [-0.39, 0.29) is 0 Å². The van der Waals surface area contributed by atoms with Crippen LogP contribution in [0.1, 0.15) is 29.9 Å². The first-order valence-corrected chi connectivity index (χ1v) is 6.67. The van der Waals surface area contributed by atoms with Crippen LogP contribution in [0.2, 0.25) is 10.0 Å². The highest BCUT2D eigenvalue weighted by atomic mass is 35.5. The first-order valence-electron chi connectivity index (χ1n) is 5.91. The third kappa shape index (κ3) is 1.51. The minimum atomic E-state index is 0.513. The summed E-state index contributed by atoms with van der Waals surface area (Å²) in [5.74, 6) is 2.29. The minimum absolute atomic E-state index is 0.513. The fourth-order valence-corrected chi connectivity index (χ4v) is 4.11. The molecular formula is C13H15Cl2NO. The van der Waals surface area contributed by atoms with Crippen LogP contribution >= 0.6 is 23.2 Å². The maximum atomic E-state index is 6.45. The Balaban J connectivity index is 2.21. The molecule has 1 aromatic rings. The molecule has 1 aliphatic carbocycles. The predicted octanol–water partition coefficient (Wildman–Crippen LogP) is 3.42. The monoisotopic (exact) mass is 271 g/mol. The van der Waals surface area contributed by atoms with E-state index in [4.69, 9.17) is 27.9 Å². The van der Waals surface area contributed by atoms with Crippen LogP contribution in [0.4, 0.5) is 0 Å². The largest absolute Gasteiger partial charge is 0.494 e. The van der Waals surface area contributed by atoms with Crippen LogP contribution in [0, 0.1) is 5.92 Å². The maximum Gasteiger partial charge on any atom is 0.156 e. The number of benzene rings is 1. The standard InChI is InChI=1S/C13H15Cl2NO/c1-6-7-3-10(14)13(17-2)12(15)11(7)9-5-16-4-8(6)9/h3,6,8-9,16H,4-5H2,1-2H3. The van der Waals surface area contributed by atoms with Gasteiger partial charge in [0.15, 0.2) is 5.75 Å². The Morgan fingerprint density at radius 2 is 2.12 bits per heavy atom. The van der Waals surface area contributed by atoms with Gasteiger partial charge in [0, 0.05) is 12.5 Å². The number of ether oxygens (including phenoxy) is 1. The van der Waals surface area contributed by atoms with E-state index < -0.39 is 0 Å². The van der Waals surface area contributed by atoms with Crippen molar-refractivity contribution in [2.24, 2.45) is 5.92 Å². The summed E-state index contributed by atoms with van der Waals surface area (Å²) in [5.41, 5.74) is 2.55. The highest BCUT2D eigenvalue weighted by Gasteiger charge is 2.43. The number of nitrogens with one attached hydrogen (secondary N) is 1. The molecule has 1 fully saturated rings. The van der Waals surface area contributed by atoms with Crippen molar-refractivity contribution < 1.29 is 4.74 Å². The van der Waals surface area contributed by atoms with E-state index in [1.807, 2.05) is 6.07 Å². The summed E-state index contributed by atoms with van der Waals surface area (Å²) in [4.78, 5) is 0. The summed E-state index contributed by atoms with van der Waals surface area (Å²) < 4.78 is 5.30. The summed E-state index contributed by atoms with van der Waals surface area (Å²) in [6.45, 7) is 4.33. The zero-order chi connectivity index (χ0) is 12.2. The van der Waals surface area contributed by atoms with Crippen molar-refractivity contribution in [3.8, 4) is 5.75 Å². The summed E-state index contributed by atoms with van der Waals surface area (Å²) in [6, 6.07) is 2.03. The van der Waals surface area contributed by atoms with Gasteiger partial charge < -0.3 is 10.1 Å². The van der Waals surface area contributed by atoms with Crippen molar-refractivity contribution in [2.45, 2.75) is 18.8 Å². The van der Waals surface area contributed by atoms with Crippen LogP contribution in [-0.2, 0) is 0 Å². The molecule has 0 radical (unpaired) electrons. The van der Waals surface area contributed by atoms with Crippen LogP contribution in [0.15, 0.2) is 6.07 Å². The molecule has 0 amide bonds.